The minimum absolute atomic E-state index is 0.00918. The van der Waals surface area contributed by atoms with Crippen LogP contribution >= 0.6 is 11.6 Å². The summed E-state index contributed by atoms with van der Waals surface area (Å²) in [7, 11) is 3.12. The van der Waals surface area contributed by atoms with E-state index in [2.05, 4.69) is 4.74 Å². The van der Waals surface area contributed by atoms with Gasteiger partial charge in [0.25, 0.3) is 6.43 Å². The highest BCUT2D eigenvalue weighted by Gasteiger charge is 2.13. The van der Waals surface area contributed by atoms with Crippen molar-refractivity contribution in [2.75, 3.05) is 40.5 Å². The second-order valence-electron chi connectivity index (χ2n) is 3.54. The minimum Gasteiger partial charge on any atom is -0.383 e. The van der Waals surface area contributed by atoms with Gasteiger partial charge in [0.1, 0.15) is 6.61 Å². The Hall–Kier alpha value is -0.460. The number of carbonyl (C=O) groups excluding carboxylic acids is 1. The Morgan fingerprint density at radius 1 is 1.41 bits per heavy atom. The van der Waals surface area contributed by atoms with Crippen molar-refractivity contribution in [3.63, 3.8) is 0 Å². The van der Waals surface area contributed by atoms with Crippen molar-refractivity contribution in [3.8, 4) is 0 Å². The van der Waals surface area contributed by atoms with Crippen molar-refractivity contribution in [1.82, 2.24) is 4.90 Å². The molecule has 0 aliphatic rings. The number of rotatable bonds is 9. The Morgan fingerprint density at radius 3 is 2.59 bits per heavy atom. The lowest BCUT2D eigenvalue weighted by Gasteiger charge is -2.20. The van der Waals surface area contributed by atoms with Crippen LogP contribution in [0.1, 0.15) is 6.42 Å². The minimum atomic E-state index is -2.50. The fourth-order valence-electron chi connectivity index (χ4n) is 1.16. The standard InChI is InChI=1S/C10H18ClF2NO3/c1-14(5-8(11)6-16-2)10(15)3-4-17-7-9(12)13/h8-9H,3-7H2,1-2H3. The van der Waals surface area contributed by atoms with Gasteiger partial charge in [-0.05, 0) is 0 Å². The van der Waals surface area contributed by atoms with Crippen LogP contribution in [0.3, 0.4) is 0 Å². The maximum Gasteiger partial charge on any atom is 0.261 e. The van der Waals surface area contributed by atoms with Crippen LogP contribution in [-0.2, 0) is 14.3 Å². The summed E-state index contributed by atoms with van der Waals surface area (Å²) in [6, 6.07) is 0. The molecule has 0 aromatic heterocycles. The largest absolute Gasteiger partial charge is 0.383 e. The van der Waals surface area contributed by atoms with Crippen LogP contribution in [0.5, 0.6) is 0 Å². The molecular formula is C10H18ClF2NO3. The van der Waals surface area contributed by atoms with Crippen molar-refractivity contribution < 1.29 is 23.0 Å². The molecule has 17 heavy (non-hydrogen) atoms. The molecule has 1 atom stereocenters. The van der Waals surface area contributed by atoms with E-state index in [1.54, 1.807) is 7.05 Å². The number of methoxy groups -OCH3 is 1. The molecule has 0 aromatic rings. The number of amides is 1. The van der Waals surface area contributed by atoms with E-state index in [-0.39, 0.29) is 24.3 Å². The van der Waals surface area contributed by atoms with Crippen molar-refractivity contribution in [2.24, 2.45) is 0 Å². The van der Waals surface area contributed by atoms with E-state index >= 15 is 0 Å². The van der Waals surface area contributed by atoms with E-state index < -0.39 is 13.0 Å². The highest BCUT2D eigenvalue weighted by atomic mass is 35.5. The smallest absolute Gasteiger partial charge is 0.261 e. The number of alkyl halides is 3. The lowest BCUT2D eigenvalue weighted by Crippen LogP contribution is -2.34. The molecule has 0 saturated carbocycles. The number of carbonyl (C=O) groups is 1. The molecule has 102 valence electrons. The zero-order valence-corrected chi connectivity index (χ0v) is 10.8. The van der Waals surface area contributed by atoms with Gasteiger partial charge in [0, 0.05) is 20.7 Å². The van der Waals surface area contributed by atoms with E-state index in [4.69, 9.17) is 16.3 Å². The molecule has 0 radical (unpaired) electrons. The third kappa shape index (κ3) is 9.26. The molecule has 0 heterocycles. The van der Waals surface area contributed by atoms with Gasteiger partial charge in [0.2, 0.25) is 5.91 Å². The van der Waals surface area contributed by atoms with Crippen LogP contribution < -0.4 is 0 Å². The van der Waals surface area contributed by atoms with Gasteiger partial charge in [0.05, 0.1) is 25.0 Å². The van der Waals surface area contributed by atoms with Crippen LogP contribution in [0.25, 0.3) is 0 Å². The molecule has 0 N–H and O–H groups in total. The predicted octanol–water partition coefficient (Wildman–Crippen LogP) is 1.37. The quantitative estimate of drug-likeness (QED) is 0.470. The first-order valence-corrected chi connectivity index (χ1v) is 5.63. The average Bonchev–Trinajstić information content (AvgIpc) is 2.23. The van der Waals surface area contributed by atoms with E-state index in [9.17, 15) is 13.6 Å². The SMILES string of the molecule is COCC(Cl)CN(C)C(=O)CCOCC(F)F. The van der Waals surface area contributed by atoms with Gasteiger partial charge in [0.15, 0.2) is 0 Å². The summed E-state index contributed by atoms with van der Waals surface area (Å²) in [5, 5.41) is -0.282. The summed E-state index contributed by atoms with van der Waals surface area (Å²) in [6.45, 7) is 0.0493. The molecule has 0 aliphatic carbocycles. The molecule has 1 amide bonds. The van der Waals surface area contributed by atoms with E-state index in [1.807, 2.05) is 0 Å². The molecule has 1 unspecified atom stereocenters. The van der Waals surface area contributed by atoms with E-state index in [0.717, 1.165) is 0 Å². The summed E-state index contributed by atoms with van der Waals surface area (Å²) >= 11 is 5.87. The summed E-state index contributed by atoms with van der Waals surface area (Å²) in [5.74, 6) is -0.194. The molecule has 4 nitrogen and oxygen atoms in total. The Morgan fingerprint density at radius 2 is 2.06 bits per heavy atom. The molecule has 0 rings (SSSR count). The van der Waals surface area contributed by atoms with Crippen LogP contribution in [-0.4, -0.2) is 63.1 Å². The van der Waals surface area contributed by atoms with E-state index in [1.165, 1.54) is 12.0 Å². The first-order chi connectivity index (χ1) is 7.97. The zero-order valence-electron chi connectivity index (χ0n) is 10.00. The van der Waals surface area contributed by atoms with Crippen molar-refractivity contribution in [1.29, 1.82) is 0 Å². The topological polar surface area (TPSA) is 38.8 Å². The van der Waals surface area contributed by atoms with Crippen molar-refractivity contribution >= 4 is 17.5 Å². The van der Waals surface area contributed by atoms with Gasteiger partial charge in [-0.2, -0.15) is 0 Å². The molecule has 0 fully saturated rings. The number of nitrogens with zero attached hydrogens (tertiary/aromatic N) is 1. The highest BCUT2D eigenvalue weighted by Crippen LogP contribution is 2.01. The van der Waals surface area contributed by atoms with Gasteiger partial charge in [-0.25, -0.2) is 8.78 Å². The lowest BCUT2D eigenvalue weighted by molar-refractivity contribution is -0.131. The summed E-state index contributed by atoms with van der Waals surface area (Å²) in [6.07, 6.45) is -2.43. The number of halogens is 3. The average molecular weight is 274 g/mol. The molecule has 0 saturated heterocycles. The molecule has 0 aliphatic heterocycles. The number of ether oxygens (including phenoxy) is 2. The first kappa shape index (κ1) is 16.5. The van der Waals surface area contributed by atoms with Gasteiger partial charge >= 0.3 is 0 Å². The van der Waals surface area contributed by atoms with Gasteiger partial charge in [-0.3, -0.25) is 4.79 Å². The zero-order chi connectivity index (χ0) is 13.3. The van der Waals surface area contributed by atoms with Gasteiger partial charge < -0.3 is 14.4 Å². The van der Waals surface area contributed by atoms with Crippen LogP contribution in [0, 0.1) is 0 Å². The molecule has 7 heteroatoms. The van der Waals surface area contributed by atoms with E-state index in [0.29, 0.717) is 13.2 Å². The molecule has 0 spiro atoms. The van der Waals surface area contributed by atoms with Crippen LogP contribution in [0.15, 0.2) is 0 Å². The van der Waals surface area contributed by atoms with Crippen molar-refractivity contribution in [3.05, 3.63) is 0 Å². The second-order valence-corrected chi connectivity index (χ2v) is 4.16. The van der Waals surface area contributed by atoms with Crippen molar-refractivity contribution in [2.45, 2.75) is 18.2 Å². The molecular weight excluding hydrogens is 256 g/mol. The normalized spacial score (nSPS) is 12.8. The number of hydrogen-bond donors (Lipinski definition) is 0. The second kappa shape index (κ2) is 9.56. The fraction of sp³-hybridized carbons (Fsp3) is 0.900. The Kier molecular flexibility index (Phi) is 9.30. The monoisotopic (exact) mass is 273 g/mol. The third-order valence-electron chi connectivity index (χ3n) is 1.95. The summed E-state index contributed by atoms with van der Waals surface area (Å²) in [5.41, 5.74) is 0. The van der Waals surface area contributed by atoms with Gasteiger partial charge in [-0.1, -0.05) is 0 Å². The lowest BCUT2D eigenvalue weighted by atomic mass is 10.3. The van der Waals surface area contributed by atoms with Crippen LogP contribution in [0.2, 0.25) is 0 Å². The summed E-state index contributed by atoms with van der Waals surface area (Å²) < 4.78 is 32.9. The fourth-order valence-corrected chi connectivity index (χ4v) is 1.49. The Labute approximate surface area is 105 Å². The molecule has 0 bridgehead atoms. The molecule has 0 aromatic carbocycles. The number of hydrogen-bond acceptors (Lipinski definition) is 3. The van der Waals surface area contributed by atoms with Crippen LogP contribution in [0.4, 0.5) is 8.78 Å². The maximum atomic E-state index is 11.7. The third-order valence-corrected chi connectivity index (χ3v) is 2.21. The Bertz CT molecular complexity index is 220. The highest BCUT2D eigenvalue weighted by molar-refractivity contribution is 6.21. The predicted molar refractivity (Wildman–Crippen MR) is 60.6 cm³/mol. The first-order valence-electron chi connectivity index (χ1n) is 5.20. The summed E-state index contributed by atoms with van der Waals surface area (Å²) in [4.78, 5) is 12.9. The maximum absolute atomic E-state index is 11.7. The Balaban J connectivity index is 3.67. The van der Waals surface area contributed by atoms with Gasteiger partial charge in [-0.15, -0.1) is 11.6 Å².